The molecule has 0 bridgehead atoms. The molecule has 0 aliphatic carbocycles. The molecular formula is C15H13ClN2OS. The van der Waals surface area contributed by atoms with E-state index in [-0.39, 0.29) is 5.91 Å². The molecule has 2 aromatic rings. The number of anilines is 2. The zero-order valence-corrected chi connectivity index (χ0v) is 12.2. The fourth-order valence-electron chi connectivity index (χ4n) is 2.24. The van der Waals surface area contributed by atoms with Crippen LogP contribution in [0.2, 0.25) is 5.02 Å². The summed E-state index contributed by atoms with van der Waals surface area (Å²) in [7, 11) is 0. The Morgan fingerprint density at radius 2 is 2.00 bits per heavy atom. The van der Waals surface area contributed by atoms with Gasteiger partial charge in [0.1, 0.15) is 0 Å². The standard InChI is InChI=1S/C15H13ClN2OS/c16-14-10(4-3-5-11(14)17)15(19)18-8-9-20-13-7-2-1-6-12(13)18/h1-7H,8-9,17H2. The van der Waals surface area contributed by atoms with Gasteiger partial charge in [-0.2, -0.15) is 0 Å². The van der Waals surface area contributed by atoms with E-state index < -0.39 is 0 Å². The molecule has 3 nitrogen and oxygen atoms in total. The number of benzene rings is 2. The van der Waals surface area contributed by atoms with Gasteiger partial charge in [-0.05, 0) is 24.3 Å². The van der Waals surface area contributed by atoms with Crippen LogP contribution in [-0.4, -0.2) is 18.2 Å². The Hall–Kier alpha value is -1.65. The number of hydrogen-bond acceptors (Lipinski definition) is 3. The summed E-state index contributed by atoms with van der Waals surface area (Å²) in [6.45, 7) is 0.672. The quantitative estimate of drug-likeness (QED) is 0.818. The number of fused-ring (bicyclic) bond motifs is 1. The molecule has 0 aromatic heterocycles. The van der Waals surface area contributed by atoms with E-state index in [1.165, 1.54) is 0 Å². The fraction of sp³-hybridized carbons (Fsp3) is 0.133. The van der Waals surface area contributed by atoms with Gasteiger partial charge in [0.05, 0.1) is 22.0 Å². The summed E-state index contributed by atoms with van der Waals surface area (Å²) in [5.41, 5.74) is 7.59. The van der Waals surface area contributed by atoms with Crippen LogP contribution in [0.4, 0.5) is 11.4 Å². The highest BCUT2D eigenvalue weighted by Gasteiger charge is 2.25. The first-order chi connectivity index (χ1) is 9.68. The molecule has 1 amide bonds. The molecule has 2 aromatic carbocycles. The Balaban J connectivity index is 2.02. The first kappa shape index (κ1) is 13.3. The molecule has 0 radical (unpaired) electrons. The maximum Gasteiger partial charge on any atom is 0.259 e. The third-order valence-corrected chi connectivity index (χ3v) is 4.70. The summed E-state index contributed by atoms with van der Waals surface area (Å²) in [6, 6.07) is 13.1. The van der Waals surface area contributed by atoms with Crippen molar-refractivity contribution in [2.45, 2.75) is 4.90 Å². The van der Waals surface area contributed by atoms with Gasteiger partial charge in [0.25, 0.3) is 5.91 Å². The molecule has 102 valence electrons. The van der Waals surface area contributed by atoms with E-state index in [1.54, 1.807) is 34.9 Å². The van der Waals surface area contributed by atoms with Crippen LogP contribution in [0.25, 0.3) is 0 Å². The minimum Gasteiger partial charge on any atom is -0.398 e. The molecule has 0 spiro atoms. The second-order valence-electron chi connectivity index (χ2n) is 4.48. The molecule has 2 N–H and O–H groups in total. The molecule has 0 atom stereocenters. The SMILES string of the molecule is Nc1cccc(C(=O)N2CCSc3ccccc32)c1Cl. The highest BCUT2D eigenvalue weighted by atomic mass is 35.5. The number of halogens is 1. The lowest BCUT2D eigenvalue weighted by Gasteiger charge is -2.29. The fourth-order valence-corrected chi connectivity index (χ4v) is 3.44. The van der Waals surface area contributed by atoms with Crippen LogP contribution in [0.3, 0.4) is 0 Å². The Morgan fingerprint density at radius 1 is 1.20 bits per heavy atom. The van der Waals surface area contributed by atoms with E-state index >= 15 is 0 Å². The molecule has 1 heterocycles. The Morgan fingerprint density at radius 3 is 2.85 bits per heavy atom. The van der Waals surface area contributed by atoms with Crippen molar-refractivity contribution in [1.82, 2.24) is 0 Å². The third-order valence-electron chi connectivity index (χ3n) is 3.23. The predicted molar refractivity (Wildman–Crippen MR) is 84.7 cm³/mol. The average molecular weight is 305 g/mol. The van der Waals surface area contributed by atoms with E-state index in [2.05, 4.69) is 0 Å². The van der Waals surface area contributed by atoms with Gasteiger partial charge >= 0.3 is 0 Å². The number of carbonyl (C=O) groups is 1. The molecule has 0 saturated carbocycles. The minimum atomic E-state index is -0.102. The molecular weight excluding hydrogens is 292 g/mol. The van der Waals surface area contributed by atoms with Crippen LogP contribution < -0.4 is 10.6 Å². The van der Waals surface area contributed by atoms with Gasteiger partial charge in [0, 0.05) is 17.2 Å². The Bertz CT molecular complexity index is 675. The van der Waals surface area contributed by atoms with Crippen molar-refractivity contribution in [3.8, 4) is 0 Å². The summed E-state index contributed by atoms with van der Waals surface area (Å²) in [6.07, 6.45) is 0. The number of thioether (sulfide) groups is 1. The predicted octanol–water partition coefficient (Wildman–Crippen LogP) is 3.67. The molecule has 0 saturated heterocycles. The van der Waals surface area contributed by atoms with Gasteiger partial charge in [-0.1, -0.05) is 29.8 Å². The smallest absolute Gasteiger partial charge is 0.259 e. The van der Waals surface area contributed by atoms with E-state index in [4.69, 9.17) is 17.3 Å². The molecule has 5 heteroatoms. The number of nitrogen functional groups attached to an aromatic ring is 1. The zero-order chi connectivity index (χ0) is 14.1. The first-order valence-electron chi connectivity index (χ1n) is 6.26. The molecule has 20 heavy (non-hydrogen) atoms. The van der Waals surface area contributed by atoms with Crippen LogP contribution in [0.5, 0.6) is 0 Å². The monoisotopic (exact) mass is 304 g/mol. The number of nitrogens with two attached hydrogens (primary N) is 1. The number of nitrogens with zero attached hydrogens (tertiary/aromatic N) is 1. The first-order valence-corrected chi connectivity index (χ1v) is 7.62. The van der Waals surface area contributed by atoms with Crippen LogP contribution in [0.15, 0.2) is 47.4 Å². The largest absolute Gasteiger partial charge is 0.398 e. The number of carbonyl (C=O) groups excluding carboxylic acids is 1. The summed E-state index contributed by atoms with van der Waals surface area (Å²) >= 11 is 7.92. The number of hydrogen-bond donors (Lipinski definition) is 1. The second-order valence-corrected chi connectivity index (χ2v) is 6.00. The van der Waals surface area contributed by atoms with Crippen LogP contribution in [-0.2, 0) is 0 Å². The lowest BCUT2D eigenvalue weighted by Crippen LogP contribution is -2.35. The Kier molecular flexibility index (Phi) is 3.59. The molecule has 3 rings (SSSR count). The third kappa shape index (κ3) is 2.25. The van der Waals surface area contributed by atoms with Gasteiger partial charge in [0.15, 0.2) is 0 Å². The Labute approximate surface area is 126 Å². The van der Waals surface area contributed by atoms with Gasteiger partial charge in [-0.15, -0.1) is 11.8 Å². The van der Waals surface area contributed by atoms with Gasteiger partial charge in [-0.3, -0.25) is 4.79 Å². The van der Waals surface area contributed by atoms with E-state index in [0.717, 1.165) is 16.3 Å². The van der Waals surface area contributed by atoms with E-state index in [1.807, 2.05) is 24.3 Å². The van der Waals surface area contributed by atoms with Crippen molar-refractivity contribution < 1.29 is 4.79 Å². The summed E-state index contributed by atoms with van der Waals surface area (Å²) in [5, 5.41) is 0.327. The normalized spacial score (nSPS) is 13.9. The summed E-state index contributed by atoms with van der Waals surface area (Å²) < 4.78 is 0. The van der Waals surface area contributed by atoms with Crippen LogP contribution >= 0.6 is 23.4 Å². The van der Waals surface area contributed by atoms with E-state index in [0.29, 0.717) is 22.8 Å². The van der Waals surface area contributed by atoms with Crippen LogP contribution in [0.1, 0.15) is 10.4 Å². The highest BCUT2D eigenvalue weighted by Crippen LogP contribution is 2.36. The molecule has 0 unspecified atom stereocenters. The van der Waals surface area contributed by atoms with Crippen molar-refractivity contribution in [3.05, 3.63) is 53.1 Å². The maximum atomic E-state index is 12.7. The zero-order valence-electron chi connectivity index (χ0n) is 10.7. The van der Waals surface area contributed by atoms with Gasteiger partial charge in [-0.25, -0.2) is 0 Å². The summed E-state index contributed by atoms with van der Waals surface area (Å²) in [5.74, 6) is 0.776. The molecule has 1 aliphatic heterocycles. The van der Waals surface area contributed by atoms with Gasteiger partial charge < -0.3 is 10.6 Å². The topological polar surface area (TPSA) is 46.3 Å². The van der Waals surface area contributed by atoms with Crippen molar-refractivity contribution in [1.29, 1.82) is 0 Å². The maximum absolute atomic E-state index is 12.7. The van der Waals surface area contributed by atoms with E-state index in [9.17, 15) is 4.79 Å². The summed E-state index contributed by atoms with van der Waals surface area (Å²) in [4.78, 5) is 15.6. The highest BCUT2D eigenvalue weighted by molar-refractivity contribution is 7.99. The van der Waals surface area contributed by atoms with Crippen molar-refractivity contribution >= 4 is 40.6 Å². The minimum absolute atomic E-state index is 0.102. The lowest BCUT2D eigenvalue weighted by molar-refractivity contribution is 0.0988. The molecule has 1 aliphatic rings. The number of amides is 1. The van der Waals surface area contributed by atoms with Crippen molar-refractivity contribution in [2.75, 3.05) is 22.9 Å². The van der Waals surface area contributed by atoms with Crippen molar-refractivity contribution in [2.24, 2.45) is 0 Å². The van der Waals surface area contributed by atoms with Crippen molar-refractivity contribution in [3.63, 3.8) is 0 Å². The number of para-hydroxylation sites is 1. The lowest BCUT2D eigenvalue weighted by atomic mass is 10.1. The van der Waals surface area contributed by atoms with Gasteiger partial charge in [0.2, 0.25) is 0 Å². The number of rotatable bonds is 1. The second kappa shape index (κ2) is 5.38. The van der Waals surface area contributed by atoms with Crippen LogP contribution in [0, 0.1) is 0 Å². The average Bonchev–Trinajstić information content (AvgIpc) is 2.49. The molecule has 0 fully saturated rings.